The molecule has 0 aliphatic carbocycles. The van der Waals surface area contributed by atoms with Gasteiger partial charge in [0.1, 0.15) is 23.0 Å². The summed E-state index contributed by atoms with van der Waals surface area (Å²) < 4.78 is 10.3. The van der Waals surface area contributed by atoms with Gasteiger partial charge in [0.05, 0.1) is 17.4 Å². The quantitative estimate of drug-likeness (QED) is 0.736. The predicted octanol–water partition coefficient (Wildman–Crippen LogP) is 2.40. The number of likely N-dealkylation sites (tertiary alicyclic amines) is 1. The maximum absolute atomic E-state index is 12.6. The van der Waals surface area contributed by atoms with Gasteiger partial charge in [-0.05, 0) is 30.9 Å². The Morgan fingerprint density at radius 2 is 2.15 bits per heavy atom. The highest BCUT2D eigenvalue weighted by molar-refractivity contribution is 7.00. The number of aliphatic hydroxyl groups excluding tert-OH is 1. The molecule has 3 heterocycles. The molecule has 4 rings (SSSR count). The first-order valence-electron chi connectivity index (χ1n) is 8.56. The molecule has 0 spiro atoms. The molecular weight excluding hydrogens is 352 g/mol. The Morgan fingerprint density at radius 3 is 2.88 bits per heavy atom. The number of carbonyl (C=O) groups excluding carboxylic acids is 1. The van der Waals surface area contributed by atoms with Gasteiger partial charge in [-0.1, -0.05) is 6.07 Å². The molecule has 136 valence electrons. The Bertz CT molecular complexity index is 915. The number of fused-ring (bicyclic) bond motifs is 1. The van der Waals surface area contributed by atoms with Gasteiger partial charge in [-0.2, -0.15) is 8.75 Å². The Morgan fingerprint density at radius 1 is 1.35 bits per heavy atom. The van der Waals surface area contributed by atoms with E-state index in [0.717, 1.165) is 30.1 Å². The Hall–Kier alpha value is -2.52. The highest BCUT2D eigenvalue weighted by Crippen LogP contribution is 2.30. The summed E-state index contributed by atoms with van der Waals surface area (Å²) >= 11 is 1.13. The number of hydrogen-bond donors (Lipinski definition) is 2. The zero-order valence-corrected chi connectivity index (χ0v) is 15.2. The lowest BCUT2D eigenvalue weighted by molar-refractivity contribution is 0.0600. The Kier molecular flexibility index (Phi) is 4.56. The van der Waals surface area contributed by atoms with Crippen LogP contribution in [-0.4, -0.2) is 47.4 Å². The minimum atomic E-state index is -0.602. The normalized spacial score (nSPS) is 16.8. The third-order valence-corrected chi connectivity index (χ3v) is 5.47. The summed E-state index contributed by atoms with van der Waals surface area (Å²) in [7, 11) is 1.88. The number of amides is 2. The second-order valence-electron chi connectivity index (χ2n) is 6.53. The first-order valence-corrected chi connectivity index (χ1v) is 9.29. The maximum Gasteiger partial charge on any atom is 0.321 e. The van der Waals surface area contributed by atoms with Crippen molar-refractivity contribution in [2.24, 2.45) is 13.0 Å². The van der Waals surface area contributed by atoms with Crippen LogP contribution in [-0.2, 0) is 7.05 Å². The fourth-order valence-corrected chi connectivity index (χ4v) is 3.94. The molecule has 1 atom stereocenters. The second kappa shape index (κ2) is 7.00. The molecule has 0 bridgehead atoms. The van der Waals surface area contributed by atoms with E-state index in [1.165, 1.54) is 0 Å². The van der Waals surface area contributed by atoms with E-state index in [2.05, 4.69) is 19.0 Å². The highest BCUT2D eigenvalue weighted by Gasteiger charge is 2.30. The van der Waals surface area contributed by atoms with E-state index in [9.17, 15) is 9.90 Å². The van der Waals surface area contributed by atoms with Crippen molar-refractivity contribution < 1.29 is 9.90 Å². The van der Waals surface area contributed by atoms with Crippen molar-refractivity contribution in [3.63, 3.8) is 0 Å². The monoisotopic (exact) mass is 372 g/mol. The van der Waals surface area contributed by atoms with E-state index in [4.69, 9.17) is 0 Å². The minimum absolute atomic E-state index is 0.103. The molecule has 1 saturated heterocycles. The number of urea groups is 1. The summed E-state index contributed by atoms with van der Waals surface area (Å²) in [5.74, 6) is 0.780. The van der Waals surface area contributed by atoms with Crippen LogP contribution >= 0.6 is 11.7 Å². The zero-order valence-electron chi connectivity index (χ0n) is 14.4. The number of hydrogen-bond acceptors (Lipinski definition) is 6. The second-order valence-corrected chi connectivity index (χ2v) is 7.06. The molecule has 8 nitrogen and oxygen atoms in total. The molecule has 2 N–H and O–H groups in total. The van der Waals surface area contributed by atoms with Gasteiger partial charge in [0.15, 0.2) is 0 Å². The van der Waals surface area contributed by atoms with E-state index >= 15 is 0 Å². The number of imidazole rings is 1. The van der Waals surface area contributed by atoms with Crippen LogP contribution < -0.4 is 5.32 Å². The molecule has 1 aliphatic heterocycles. The van der Waals surface area contributed by atoms with Crippen LogP contribution in [0, 0.1) is 5.92 Å². The molecule has 2 amide bonds. The first-order chi connectivity index (χ1) is 12.6. The molecule has 26 heavy (non-hydrogen) atoms. The summed E-state index contributed by atoms with van der Waals surface area (Å²) in [6, 6.07) is 5.42. The lowest BCUT2D eigenvalue weighted by atomic mass is 9.91. The number of rotatable bonds is 3. The van der Waals surface area contributed by atoms with Gasteiger partial charge < -0.3 is 19.9 Å². The maximum atomic E-state index is 12.6. The number of piperidine rings is 1. The molecule has 0 radical (unpaired) electrons. The topological polar surface area (TPSA) is 96.2 Å². The van der Waals surface area contributed by atoms with E-state index in [0.29, 0.717) is 30.1 Å². The number of nitrogens with one attached hydrogen (secondary N) is 1. The SMILES string of the molecule is Cn1ccnc1C(O)C1CCN(C(=O)Nc2cccc3nsnc23)CC1. The van der Waals surface area contributed by atoms with E-state index in [-0.39, 0.29) is 11.9 Å². The molecule has 1 fully saturated rings. The van der Waals surface area contributed by atoms with Crippen molar-refractivity contribution in [1.82, 2.24) is 23.2 Å². The van der Waals surface area contributed by atoms with Gasteiger partial charge in [-0.15, -0.1) is 0 Å². The number of aryl methyl sites for hydroxylation is 1. The molecule has 1 aromatic carbocycles. The average molecular weight is 372 g/mol. The van der Waals surface area contributed by atoms with Crippen molar-refractivity contribution in [3.05, 3.63) is 36.4 Å². The predicted molar refractivity (Wildman–Crippen MR) is 98.9 cm³/mol. The third kappa shape index (κ3) is 3.15. The van der Waals surface area contributed by atoms with Crippen LogP contribution in [0.15, 0.2) is 30.6 Å². The zero-order chi connectivity index (χ0) is 18.1. The summed E-state index contributed by atoms with van der Waals surface area (Å²) in [5.41, 5.74) is 2.17. The molecule has 1 aliphatic rings. The molecule has 1 unspecified atom stereocenters. The van der Waals surface area contributed by atoms with Crippen LogP contribution in [0.4, 0.5) is 10.5 Å². The molecule has 3 aromatic rings. The van der Waals surface area contributed by atoms with Gasteiger partial charge in [0.2, 0.25) is 0 Å². The van der Waals surface area contributed by atoms with Crippen molar-refractivity contribution >= 4 is 34.5 Å². The lowest BCUT2D eigenvalue weighted by Gasteiger charge is -2.34. The summed E-state index contributed by atoms with van der Waals surface area (Å²) in [4.78, 5) is 18.6. The molecule has 9 heteroatoms. The Balaban J connectivity index is 1.38. The first kappa shape index (κ1) is 16.9. The standard InChI is InChI=1S/C17H20N6O2S/c1-22-10-7-18-16(22)15(24)11-5-8-23(9-6-11)17(25)19-12-3-2-4-13-14(12)21-26-20-13/h2-4,7,10-11,15,24H,5-6,8-9H2,1H3,(H,19,25). The van der Waals surface area contributed by atoms with E-state index in [1.54, 1.807) is 11.1 Å². The molecular formula is C17H20N6O2S. The van der Waals surface area contributed by atoms with Crippen LogP contribution in [0.5, 0.6) is 0 Å². The van der Waals surface area contributed by atoms with Crippen LogP contribution in [0.1, 0.15) is 24.8 Å². The number of carbonyl (C=O) groups is 1. The third-order valence-electron chi connectivity index (χ3n) is 4.92. The number of nitrogens with zero attached hydrogens (tertiary/aromatic N) is 5. The van der Waals surface area contributed by atoms with Gasteiger partial charge >= 0.3 is 6.03 Å². The highest BCUT2D eigenvalue weighted by atomic mass is 32.1. The number of aliphatic hydroxyl groups is 1. The summed E-state index contributed by atoms with van der Waals surface area (Å²) in [6.45, 7) is 1.20. The lowest BCUT2D eigenvalue weighted by Crippen LogP contribution is -2.42. The van der Waals surface area contributed by atoms with Gasteiger partial charge in [-0.25, -0.2) is 9.78 Å². The van der Waals surface area contributed by atoms with Crippen LogP contribution in [0.3, 0.4) is 0 Å². The minimum Gasteiger partial charge on any atom is -0.385 e. The molecule has 0 saturated carbocycles. The smallest absolute Gasteiger partial charge is 0.321 e. The van der Waals surface area contributed by atoms with Crippen molar-refractivity contribution in [2.75, 3.05) is 18.4 Å². The fourth-order valence-electron chi connectivity index (χ4n) is 3.39. The molecule has 2 aromatic heterocycles. The number of aromatic nitrogens is 4. The fraction of sp³-hybridized carbons (Fsp3) is 0.412. The van der Waals surface area contributed by atoms with Crippen LogP contribution in [0.2, 0.25) is 0 Å². The van der Waals surface area contributed by atoms with Gasteiger partial charge in [-0.3, -0.25) is 0 Å². The van der Waals surface area contributed by atoms with Gasteiger partial charge in [0.25, 0.3) is 0 Å². The van der Waals surface area contributed by atoms with E-state index < -0.39 is 6.10 Å². The number of benzene rings is 1. The van der Waals surface area contributed by atoms with Gasteiger partial charge in [0, 0.05) is 32.5 Å². The average Bonchev–Trinajstić information content (AvgIpc) is 3.30. The van der Waals surface area contributed by atoms with Crippen molar-refractivity contribution in [2.45, 2.75) is 18.9 Å². The van der Waals surface area contributed by atoms with E-state index in [1.807, 2.05) is 36.0 Å². The largest absolute Gasteiger partial charge is 0.385 e. The number of anilines is 1. The Labute approximate surface area is 154 Å². The van der Waals surface area contributed by atoms with Crippen molar-refractivity contribution in [3.8, 4) is 0 Å². The summed E-state index contributed by atoms with van der Waals surface area (Å²) in [5, 5.41) is 13.5. The van der Waals surface area contributed by atoms with Crippen LogP contribution in [0.25, 0.3) is 11.0 Å². The summed E-state index contributed by atoms with van der Waals surface area (Å²) in [6.07, 6.45) is 4.40. The van der Waals surface area contributed by atoms with Crippen molar-refractivity contribution in [1.29, 1.82) is 0 Å².